The molecule has 1 amide bonds. The van der Waals surface area contributed by atoms with Gasteiger partial charge in [-0.2, -0.15) is 0 Å². The molecule has 0 saturated carbocycles. The number of benzene rings is 1. The Morgan fingerprint density at radius 3 is 2.82 bits per heavy atom. The van der Waals surface area contributed by atoms with Gasteiger partial charge in [0.15, 0.2) is 5.13 Å². The number of likely N-dealkylation sites (N-methyl/N-ethyl adjacent to an activating group) is 1. The molecule has 0 unspecified atom stereocenters. The van der Waals surface area contributed by atoms with Gasteiger partial charge in [0.05, 0.1) is 5.69 Å². The van der Waals surface area contributed by atoms with E-state index in [0.29, 0.717) is 5.13 Å². The van der Waals surface area contributed by atoms with E-state index >= 15 is 0 Å². The zero-order chi connectivity index (χ0) is 15.7. The Morgan fingerprint density at radius 2 is 2.14 bits per heavy atom. The van der Waals surface area contributed by atoms with Crippen LogP contribution in [0, 0.1) is 11.6 Å². The topological polar surface area (TPSA) is 45.2 Å². The molecule has 0 saturated heterocycles. The summed E-state index contributed by atoms with van der Waals surface area (Å²) in [6.45, 7) is 4.78. The van der Waals surface area contributed by atoms with Crippen molar-refractivity contribution < 1.29 is 13.6 Å². The van der Waals surface area contributed by atoms with Gasteiger partial charge in [-0.15, -0.1) is 11.3 Å². The molecule has 116 valence electrons. The van der Waals surface area contributed by atoms with E-state index in [4.69, 9.17) is 0 Å². The normalized spacial score (nSPS) is 14.7. The fourth-order valence-corrected chi connectivity index (χ4v) is 3.49. The van der Waals surface area contributed by atoms with Gasteiger partial charge in [-0.3, -0.25) is 15.0 Å². The number of aromatic nitrogens is 1. The Bertz CT molecular complexity index is 697. The van der Waals surface area contributed by atoms with E-state index in [2.05, 4.69) is 22.1 Å². The summed E-state index contributed by atoms with van der Waals surface area (Å²) in [6.07, 6.45) is 0.823. The second kappa shape index (κ2) is 6.10. The number of hydrogen-bond donors (Lipinski definition) is 1. The van der Waals surface area contributed by atoms with Crippen molar-refractivity contribution in [2.45, 2.75) is 19.9 Å². The fraction of sp³-hybridized carbons (Fsp3) is 0.333. The first-order valence-corrected chi connectivity index (χ1v) is 7.86. The Morgan fingerprint density at radius 1 is 1.41 bits per heavy atom. The van der Waals surface area contributed by atoms with Gasteiger partial charge < -0.3 is 0 Å². The largest absolute Gasteiger partial charge is 0.298 e. The second-order valence-electron chi connectivity index (χ2n) is 5.06. The smallest absolute Gasteiger partial charge is 0.263 e. The lowest BCUT2D eigenvalue weighted by Gasteiger charge is -2.23. The maximum absolute atomic E-state index is 13.6. The zero-order valence-corrected chi connectivity index (χ0v) is 12.8. The number of carbonyl (C=O) groups is 1. The van der Waals surface area contributed by atoms with E-state index in [0.717, 1.165) is 48.8 Å². The monoisotopic (exact) mass is 323 g/mol. The third kappa shape index (κ3) is 2.86. The molecule has 0 fully saturated rings. The minimum absolute atomic E-state index is 0.385. The summed E-state index contributed by atoms with van der Waals surface area (Å²) in [5.74, 6) is -2.57. The van der Waals surface area contributed by atoms with Crippen LogP contribution in [0.5, 0.6) is 0 Å². The van der Waals surface area contributed by atoms with Gasteiger partial charge in [-0.05, 0) is 18.7 Å². The summed E-state index contributed by atoms with van der Waals surface area (Å²) in [4.78, 5) is 19.8. The Labute approximate surface area is 130 Å². The van der Waals surface area contributed by atoms with Gasteiger partial charge >= 0.3 is 0 Å². The number of nitrogens with one attached hydrogen (secondary N) is 1. The van der Waals surface area contributed by atoms with E-state index in [1.807, 2.05) is 0 Å². The third-order valence-electron chi connectivity index (χ3n) is 3.67. The number of thiazole rings is 1. The molecule has 1 aliphatic heterocycles. The number of hydrogen-bond acceptors (Lipinski definition) is 4. The standard InChI is InChI=1S/C15H15F2N3OS/c1-2-20-7-6-11-12(8-20)22-15(18-11)19-14(21)13-9(16)4-3-5-10(13)17/h3-5H,2,6-8H2,1H3,(H,18,19,21). The average Bonchev–Trinajstić information content (AvgIpc) is 2.87. The highest BCUT2D eigenvalue weighted by Crippen LogP contribution is 2.28. The SMILES string of the molecule is CCN1CCc2nc(NC(=O)c3c(F)cccc3F)sc2C1. The van der Waals surface area contributed by atoms with Crippen molar-refractivity contribution >= 4 is 22.4 Å². The molecule has 4 nitrogen and oxygen atoms in total. The highest BCUT2D eigenvalue weighted by atomic mass is 32.1. The van der Waals surface area contributed by atoms with Crippen LogP contribution in [0.3, 0.4) is 0 Å². The lowest BCUT2D eigenvalue weighted by atomic mass is 10.2. The number of carbonyl (C=O) groups excluding carboxylic acids is 1. The molecule has 1 N–H and O–H groups in total. The van der Waals surface area contributed by atoms with Crippen molar-refractivity contribution in [1.82, 2.24) is 9.88 Å². The molecule has 0 aliphatic carbocycles. The number of amides is 1. The molecule has 1 aliphatic rings. The molecule has 0 bridgehead atoms. The van der Waals surface area contributed by atoms with E-state index in [-0.39, 0.29) is 0 Å². The van der Waals surface area contributed by atoms with Gasteiger partial charge in [0.1, 0.15) is 17.2 Å². The molecule has 0 spiro atoms. The number of rotatable bonds is 3. The van der Waals surface area contributed by atoms with Crippen LogP contribution in [-0.2, 0) is 13.0 Å². The molecule has 1 aromatic carbocycles. The maximum atomic E-state index is 13.6. The van der Waals surface area contributed by atoms with E-state index in [1.54, 1.807) is 0 Å². The third-order valence-corrected chi connectivity index (χ3v) is 4.67. The van der Waals surface area contributed by atoms with Crippen LogP contribution in [-0.4, -0.2) is 28.9 Å². The lowest BCUT2D eigenvalue weighted by molar-refractivity contribution is 0.101. The summed E-state index contributed by atoms with van der Waals surface area (Å²) in [7, 11) is 0. The number of anilines is 1. The minimum Gasteiger partial charge on any atom is -0.298 e. The fourth-order valence-electron chi connectivity index (χ4n) is 2.45. The Hall–Kier alpha value is -1.86. The van der Waals surface area contributed by atoms with Gasteiger partial charge in [0.25, 0.3) is 5.91 Å². The van der Waals surface area contributed by atoms with Crippen LogP contribution in [0.15, 0.2) is 18.2 Å². The highest BCUT2D eigenvalue weighted by Gasteiger charge is 2.22. The van der Waals surface area contributed by atoms with Gasteiger partial charge in [0, 0.05) is 24.4 Å². The molecular formula is C15H15F2N3OS. The predicted molar refractivity (Wildman–Crippen MR) is 81.1 cm³/mol. The molecular weight excluding hydrogens is 308 g/mol. The van der Waals surface area contributed by atoms with Crippen LogP contribution in [0.1, 0.15) is 27.9 Å². The summed E-state index contributed by atoms with van der Waals surface area (Å²) in [5.41, 5.74) is 0.380. The first-order valence-electron chi connectivity index (χ1n) is 7.04. The zero-order valence-electron chi connectivity index (χ0n) is 12.0. The first kappa shape index (κ1) is 15.1. The minimum atomic E-state index is -0.879. The summed E-state index contributed by atoms with van der Waals surface area (Å²) in [6, 6.07) is 3.34. The molecule has 0 atom stereocenters. The van der Waals surface area contributed by atoms with Crippen LogP contribution >= 0.6 is 11.3 Å². The molecule has 22 heavy (non-hydrogen) atoms. The molecule has 2 heterocycles. The number of nitrogens with zero attached hydrogens (tertiary/aromatic N) is 2. The molecule has 7 heteroatoms. The average molecular weight is 323 g/mol. The van der Waals surface area contributed by atoms with E-state index in [9.17, 15) is 13.6 Å². The van der Waals surface area contributed by atoms with Crippen LogP contribution in [0.4, 0.5) is 13.9 Å². The summed E-state index contributed by atoms with van der Waals surface area (Å²) >= 11 is 1.36. The van der Waals surface area contributed by atoms with Crippen molar-refractivity contribution in [3.63, 3.8) is 0 Å². The molecule has 1 aromatic heterocycles. The van der Waals surface area contributed by atoms with Crippen LogP contribution in [0.2, 0.25) is 0 Å². The number of fused-ring (bicyclic) bond motifs is 1. The lowest BCUT2D eigenvalue weighted by Crippen LogP contribution is -2.29. The van der Waals surface area contributed by atoms with Gasteiger partial charge in [0.2, 0.25) is 0 Å². The Kier molecular flexibility index (Phi) is 4.17. The van der Waals surface area contributed by atoms with Gasteiger partial charge in [-0.1, -0.05) is 13.0 Å². The van der Waals surface area contributed by atoms with Crippen LogP contribution < -0.4 is 5.32 Å². The van der Waals surface area contributed by atoms with Crippen molar-refractivity contribution in [2.75, 3.05) is 18.4 Å². The van der Waals surface area contributed by atoms with E-state index in [1.165, 1.54) is 17.4 Å². The van der Waals surface area contributed by atoms with Gasteiger partial charge in [-0.25, -0.2) is 13.8 Å². The first-order chi connectivity index (χ1) is 10.6. The predicted octanol–water partition coefficient (Wildman–Crippen LogP) is 3.05. The molecule has 3 rings (SSSR count). The maximum Gasteiger partial charge on any atom is 0.263 e. The van der Waals surface area contributed by atoms with Crippen molar-refractivity contribution in [3.05, 3.63) is 46.0 Å². The quantitative estimate of drug-likeness (QED) is 0.944. The van der Waals surface area contributed by atoms with Crippen molar-refractivity contribution in [2.24, 2.45) is 0 Å². The van der Waals surface area contributed by atoms with Crippen molar-refractivity contribution in [3.8, 4) is 0 Å². The summed E-state index contributed by atoms with van der Waals surface area (Å²) in [5, 5.41) is 2.88. The van der Waals surface area contributed by atoms with Crippen molar-refractivity contribution in [1.29, 1.82) is 0 Å². The van der Waals surface area contributed by atoms with E-state index < -0.39 is 23.1 Å². The molecule has 0 radical (unpaired) electrons. The highest BCUT2D eigenvalue weighted by molar-refractivity contribution is 7.15. The summed E-state index contributed by atoms with van der Waals surface area (Å²) < 4.78 is 27.2. The molecule has 2 aromatic rings. The second-order valence-corrected chi connectivity index (χ2v) is 6.14. The Balaban J connectivity index is 1.80. The van der Waals surface area contributed by atoms with Crippen LogP contribution in [0.25, 0.3) is 0 Å². The number of halogens is 2.